The summed E-state index contributed by atoms with van der Waals surface area (Å²) in [5.74, 6) is 0.597. The number of rotatable bonds is 4. The highest BCUT2D eigenvalue weighted by molar-refractivity contribution is 5.59. The summed E-state index contributed by atoms with van der Waals surface area (Å²) in [6.07, 6.45) is 6.63. The first-order chi connectivity index (χ1) is 7.76. The van der Waals surface area contributed by atoms with Gasteiger partial charge in [0.25, 0.3) is 0 Å². The van der Waals surface area contributed by atoms with Gasteiger partial charge in [0, 0.05) is 5.41 Å². The van der Waals surface area contributed by atoms with Gasteiger partial charge in [-0.1, -0.05) is 13.8 Å². The molecule has 2 nitrogen and oxygen atoms in total. The lowest BCUT2D eigenvalue weighted by atomic mass is 9.70. The summed E-state index contributed by atoms with van der Waals surface area (Å²) in [5, 5.41) is 0. The van der Waals surface area contributed by atoms with E-state index < -0.39 is 0 Å². The molecule has 1 aliphatic carbocycles. The van der Waals surface area contributed by atoms with E-state index in [0.29, 0.717) is 12.0 Å². The Hall–Kier alpha value is -0.370. The standard InChI is InChI=1S/C15H28O2/c1-12(2)10-15(11-16)8-6-13(7-9-15)17-14(3,4)5/h11-13H,6-10H2,1-5H3. The molecular formula is C15H28O2. The number of hydrogen-bond acceptors (Lipinski definition) is 2. The first-order valence-corrected chi connectivity index (χ1v) is 6.90. The zero-order valence-corrected chi connectivity index (χ0v) is 12.1. The SMILES string of the molecule is CC(C)CC1(C=O)CCC(OC(C)(C)C)CC1. The third-order valence-corrected chi connectivity index (χ3v) is 3.51. The summed E-state index contributed by atoms with van der Waals surface area (Å²) < 4.78 is 6.01. The van der Waals surface area contributed by atoms with Crippen LogP contribution < -0.4 is 0 Å². The van der Waals surface area contributed by atoms with Crippen LogP contribution in [0.15, 0.2) is 0 Å². The summed E-state index contributed by atoms with van der Waals surface area (Å²) in [6.45, 7) is 10.7. The van der Waals surface area contributed by atoms with E-state index in [0.717, 1.165) is 32.1 Å². The molecule has 100 valence electrons. The number of carbonyl (C=O) groups excluding carboxylic acids is 1. The molecule has 0 aliphatic heterocycles. The van der Waals surface area contributed by atoms with E-state index in [1.165, 1.54) is 6.29 Å². The van der Waals surface area contributed by atoms with Gasteiger partial charge < -0.3 is 9.53 Å². The average Bonchev–Trinajstić information content (AvgIpc) is 2.18. The lowest BCUT2D eigenvalue weighted by Crippen LogP contribution is -2.36. The molecular weight excluding hydrogens is 212 g/mol. The minimum Gasteiger partial charge on any atom is -0.373 e. The fourth-order valence-electron chi connectivity index (χ4n) is 2.97. The molecule has 1 aliphatic rings. The molecule has 0 aromatic heterocycles. The van der Waals surface area contributed by atoms with Crippen LogP contribution in [-0.4, -0.2) is 18.0 Å². The van der Waals surface area contributed by atoms with Crippen molar-refractivity contribution in [3.05, 3.63) is 0 Å². The lowest BCUT2D eigenvalue weighted by molar-refractivity contribution is -0.125. The van der Waals surface area contributed by atoms with Crippen LogP contribution in [0.25, 0.3) is 0 Å². The number of ether oxygens (including phenoxy) is 1. The van der Waals surface area contributed by atoms with Crippen LogP contribution >= 0.6 is 0 Å². The molecule has 0 spiro atoms. The third kappa shape index (κ3) is 4.79. The summed E-state index contributed by atoms with van der Waals surface area (Å²) in [6, 6.07) is 0. The monoisotopic (exact) mass is 240 g/mol. The maximum atomic E-state index is 11.4. The van der Waals surface area contributed by atoms with Gasteiger partial charge in [-0.2, -0.15) is 0 Å². The second-order valence-corrected chi connectivity index (χ2v) is 7.01. The first kappa shape index (κ1) is 14.7. The van der Waals surface area contributed by atoms with E-state index in [-0.39, 0.29) is 11.0 Å². The van der Waals surface area contributed by atoms with Gasteiger partial charge in [0.1, 0.15) is 6.29 Å². The van der Waals surface area contributed by atoms with Crippen LogP contribution in [0.1, 0.15) is 66.7 Å². The van der Waals surface area contributed by atoms with Gasteiger partial charge >= 0.3 is 0 Å². The van der Waals surface area contributed by atoms with Crippen molar-refractivity contribution in [1.29, 1.82) is 0 Å². The molecule has 17 heavy (non-hydrogen) atoms. The largest absolute Gasteiger partial charge is 0.373 e. The Morgan fingerprint density at radius 3 is 2.18 bits per heavy atom. The zero-order chi connectivity index (χ0) is 13.1. The molecule has 0 atom stereocenters. The summed E-state index contributed by atoms with van der Waals surface area (Å²) in [5.41, 5.74) is -0.129. The summed E-state index contributed by atoms with van der Waals surface area (Å²) in [7, 11) is 0. The minimum absolute atomic E-state index is 0.0636. The molecule has 2 heteroatoms. The van der Waals surface area contributed by atoms with Crippen LogP contribution in [0.4, 0.5) is 0 Å². The van der Waals surface area contributed by atoms with Gasteiger partial charge in [-0.05, 0) is 58.8 Å². The Labute approximate surface area is 106 Å². The lowest BCUT2D eigenvalue weighted by Gasteiger charge is -2.39. The normalized spacial score (nSPS) is 30.6. The molecule has 1 saturated carbocycles. The van der Waals surface area contributed by atoms with Gasteiger partial charge in [-0.15, -0.1) is 0 Å². The predicted molar refractivity (Wildman–Crippen MR) is 71.0 cm³/mol. The molecule has 0 unspecified atom stereocenters. The fourth-order valence-corrected chi connectivity index (χ4v) is 2.97. The van der Waals surface area contributed by atoms with E-state index >= 15 is 0 Å². The van der Waals surface area contributed by atoms with Crippen molar-refractivity contribution >= 4 is 6.29 Å². The molecule has 0 heterocycles. The molecule has 0 saturated heterocycles. The first-order valence-electron chi connectivity index (χ1n) is 6.90. The molecule has 0 amide bonds. The predicted octanol–water partition coefficient (Wildman–Crippen LogP) is 3.98. The van der Waals surface area contributed by atoms with E-state index in [4.69, 9.17) is 4.74 Å². The van der Waals surface area contributed by atoms with Gasteiger partial charge in [0.15, 0.2) is 0 Å². The van der Waals surface area contributed by atoms with Crippen molar-refractivity contribution in [3.8, 4) is 0 Å². The number of hydrogen-bond donors (Lipinski definition) is 0. The van der Waals surface area contributed by atoms with Crippen molar-refractivity contribution in [2.75, 3.05) is 0 Å². The fraction of sp³-hybridized carbons (Fsp3) is 0.933. The Morgan fingerprint density at radius 2 is 1.82 bits per heavy atom. The highest BCUT2D eigenvalue weighted by Crippen LogP contribution is 2.41. The van der Waals surface area contributed by atoms with Crippen LogP contribution in [0.3, 0.4) is 0 Å². The van der Waals surface area contributed by atoms with Crippen LogP contribution in [0.2, 0.25) is 0 Å². The smallest absolute Gasteiger partial charge is 0.126 e. The zero-order valence-electron chi connectivity index (χ0n) is 12.1. The number of carbonyl (C=O) groups is 1. The van der Waals surface area contributed by atoms with Gasteiger partial charge in [-0.3, -0.25) is 0 Å². The van der Waals surface area contributed by atoms with Crippen LogP contribution in [0, 0.1) is 11.3 Å². The van der Waals surface area contributed by atoms with Crippen molar-refractivity contribution in [2.24, 2.45) is 11.3 Å². The van der Waals surface area contributed by atoms with E-state index in [2.05, 4.69) is 34.6 Å². The van der Waals surface area contributed by atoms with Crippen LogP contribution in [0.5, 0.6) is 0 Å². The maximum Gasteiger partial charge on any atom is 0.126 e. The van der Waals surface area contributed by atoms with E-state index in [1.807, 2.05) is 0 Å². The molecule has 1 rings (SSSR count). The van der Waals surface area contributed by atoms with E-state index in [9.17, 15) is 4.79 Å². The Balaban J connectivity index is 2.50. The molecule has 1 fully saturated rings. The summed E-state index contributed by atoms with van der Waals surface area (Å²) in [4.78, 5) is 11.4. The topological polar surface area (TPSA) is 26.3 Å². The average molecular weight is 240 g/mol. The highest BCUT2D eigenvalue weighted by Gasteiger charge is 2.36. The molecule has 0 N–H and O–H groups in total. The second-order valence-electron chi connectivity index (χ2n) is 7.01. The third-order valence-electron chi connectivity index (χ3n) is 3.51. The van der Waals surface area contributed by atoms with Crippen LogP contribution in [-0.2, 0) is 9.53 Å². The molecule has 0 radical (unpaired) electrons. The molecule has 0 aromatic carbocycles. The highest BCUT2D eigenvalue weighted by atomic mass is 16.5. The Bertz CT molecular complexity index is 242. The quantitative estimate of drug-likeness (QED) is 0.695. The maximum absolute atomic E-state index is 11.4. The number of aldehydes is 1. The summed E-state index contributed by atoms with van der Waals surface area (Å²) >= 11 is 0. The van der Waals surface area contributed by atoms with Crippen molar-refractivity contribution in [1.82, 2.24) is 0 Å². The van der Waals surface area contributed by atoms with Gasteiger partial charge in [0.05, 0.1) is 11.7 Å². The van der Waals surface area contributed by atoms with Crippen molar-refractivity contribution in [2.45, 2.75) is 78.4 Å². The Kier molecular flexibility index (Phi) is 4.77. The van der Waals surface area contributed by atoms with Gasteiger partial charge in [0.2, 0.25) is 0 Å². The van der Waals surface area contributed by atoms with Crippen molar-refractivity contribution < 1.29 is 9.53 Å². The van der Waals surface area contributed by atoms with Gasteiger partial charge in [-0.25, -0.2) is 0 Å². The second kappa shape index (κ2) is 5.51. The van der Waals surface area contributed by atoms with E-state index in [1.54, 1.807) is 0 Å². The molecule has 0 aromatic rings. The minimum atomic E-state index is -0.0656. The molecule has 0 bridgehead atoms. The Morgan fingerprint density at radius 1 is 1.29 bits per heavy atom. The van der Waals surface area contributed by atoms with Crippen molar-refractivity contribution in [3.63, 3.8) is 0 Å².